The van der Waals surface area contributed by atoms with Gasteiger partial charge in [-0.1, -0.05) is 24.3 Å². The lowest BCUT2D eigenvalue weighted by Gasteiger charge is -1.91. The highest BCUT2D eigenvalue weighted by Gasteiger charge is 2.01. The van der Waals surface area contributed by atoms with Crippen molar-refractivity contribution in [2.75, 3.05) is 0 Å². The number of furan rings is 1. The van der Waals surface area contributed by atoms with E-state index in [1.807, 2.05) is 18.2 Å². The van der Waals surface area contributed by atoms with E-state index < -0.39 is 0 Å². The van der Waals surface area contributed by atoms with Crippen LogP contribution in [0.3, 0.4) is 0 Å². The van der Waals surface area contributed by atoms with Crippen molar-refractivity contribution in [2.45, 2.75) is 6.92 Å². The first-order chi connectivity index (χ1) is 5.81. The first-order valence-electron chi connectivity index (χ1n) is 3.91. The molecule has 1 heterocycles. The summed E-state index contributed by atoms with van der Waals surface area (Å²) in [6.07, 6.45) is 3.54. The maximum atomic E-state index is 5.32. The van der Waals surface area contributed by atoms with E-state index in [1.54, 1.807) is 6.26 Å². The zero-order valence-electron chi connectivity index (χ0n) is 7.00. The summed E-state index contributed by atoms with van der Waals surface area (Å²) in [4.78, 5) is 0. The van der Waals surface area contributed by atoms with Gasteiger partial charge in [0.05, 0.1) is 6.26 Å². The van der Waals surface area contributed by atoms with Crippen LogP contribution in [-0.2, 0) is 0 Å². The fraction of sp³-hybridized carbons (Fsp3) is 0.0909. The normalized spacial score (nSPS) is 10.4. The third-order valence-corrected chi connectivity index (χ3v) is 1.98. The standard InChI is InChI=1S/C11H10O/c1-3-9-7-12-11-5-4-8(2)6-10(9)11/h3-7H,1H2,2H3. The van der Waals surface area contributed by atoms with E-state index in [4.69, 9.17) is 4.42 Å². The molecule has 1 aromatic carbocycles. The van der Waals surface area contributed by atoms with Gasteiger partial charge in [-0.3, -0.25) is 0 Å². The second kappa shape index (κ2) is 2.52. The molecular formula is C11H10O. The van der Waals surface area contributed by atoms with Gasteiger partial charge < -0.3 is 4.42 Å². The molecule has 0 saturated heterocycles. The molecule has 12 heavy (non-hydrogen) atoms. The smallest absolute Gasteiger partial charge is 0.134 e. The van der Waals surface area contributed by atoms with Gasteiger partial charge in [-0.2, -0.15) is 0 Å². The van der Waals surface area contributed by atoms with Gasteiger partial charge in [0.15, 0.2) is 0 Å². The first kappa shape index (κ1) is 7.17. The second-order valence-corrected chi connectivity index (χ2v) is 2.89. The van der Waals surface area contributed by atoms with Crippen molar-refractivity contribution in [3.63, 3.8) is 0 Å². The fourth-order valence-electron chi connectivity index (χ4n) is 1.32. The van der Waals surface area contributed by atoms with E-state index in [9.17, 15) is 0 Å². The van der Waals surface area contributed by atoms with Gasteiger partial charge in [0, 0.05) is 10.9 Å². The molecule has 60 valence electrons. The predicted molar refractivity (Wildman–Crippen MR) is 51.0 cm³/mol. The number of rotatable bonds is 1. The topological polar surface area (TPSA) is 13.1 Å². The molecule has 0 bridgehead atoms. The number of fused-ring (bicyclic) bond motifs is 1. The Bertz CT molecular complexity index is 423. The van der Waals surface area contributed by atoms with E-state index in [0.717, 1.165) is 16.5 Å². The van der Waals surface area contributed by atoms with Gasteiger partial charge in [0.2, 0.25) is 0 Å². The number of hydrogen-bond donors (Lipinski definition) is 0. The molecule has 1 aromatic heterocycles. The minimum Gasteiger partial charge on any atom is -0.464 e. The minimum atomic E-state index is 0.926. The highest BCUT2D eigenvalue weighted by Crippen LogP contribution is 2.22. The summed E-state index contributed by atoms with van der Waals surface area (Å²) in [5.41, 5.74) is 3.23. The van der Waals surface area contributed by atoms with Crippen LogP contribution in [0, 0.1) is 6.92 Å². The Labute approximate surface area is 71.3 Å². The lowest BCUT2D eigenvalue weighted by Crippen LogP contribution is -1.71. The van der Waals surface area contributed by atoms with E-state index in [0.29, 0.717) is 0 Å². The van der Waals surface area contributed by atoms with Crippen LogP contribution >= 0.6 is 0 Å². The molecule has 0 fully saturated rings. The average Bonchev–Trinajstić information content (AvgIpc) is 2.46. The van der Waals surface area contributed by atoms with Gasteiger partial charge in [-0.15, -0.1) is 0 Å². The Kier molecular flexibility index (Phi) is 1.51. The third-order valence-electron chi connectivity index (χ3n) is 1.98. The second-order valence-electron chi connectivity index (χ2n) is 2.89. The van der Waals surface area contributed by atoms with Crippen LogP contribution in [0.25, 0.3) is 17.0 Å². The van der Waals surface area contributed by atoms with E-state index in [-0.39, 0.29) is 0 Å². The van der Waals surface area contributed by atoms with Crippen molar-refractivity contribution in [3.05, 3.63) is 42.2 Å². The SMILES string of the molecule is C=Cc1coc2ccc(C)cc12. The molecule has 1 heteroatoms. The van der Waals surface area contributed by atoms with Crippen molar-refractivity contribution in [2.24, 2.45) is 0 Å². The Morgan fingerprint density at radius 2 is 2.25 bits per heavy atom. The third kappa shape index (κ3) is 0.944. The zero-order chi connectivity index (χ0) is 8.55. The van der Waals surface area contributed by atoms with Crippen LogP contribution in [0.1, 0.15) is 11.1 Å². The zero-order valence-corrected chi connectivity index (χ0v) is 7.00. The van der Waals surface area contributed by atoms with Crippen molar-refractivity contribution in [1.29, 1.82) is 0 Å². The van der Waals surface area contributed by atoms with Crippen molar-refractivity contribution >= 4 is 17.0 Å². The Morgan fingerprint density at radius 3 is 3.00 bits per heavy atom. The van der Waals surface area contributed by atoms with Crippen LogP contribution in [0.2, 0.25) is 0 Å². The predicted octanol–water partition coefficient (Wildman–Crippen LogP) is 3.38. The molecule has 0 saturated carbocycles. The number of benzene rings is 1. The summed E-state index contributed by atoms with van der Waals surface area (Å²) in [5, 5.41) is 1.14. The van der Waals surface area contributed by atoms with E-state index in [1.165, 1.54) is 5.56 Å². The molecule has 0 unspecified atom stereocenters. The van der Waals surface area contributed by atoms with Crippen LogP contribution < -0.4 is 0 Å². The maximum Gasteiger partial charge on any atom is 0.134 e. The fourth-order valence-corrected chi connectivity index (χ4v) is 1.32. The van der Waals surface area contributed by atoms with Crippen molar-refractivity contribution < 1.29 is 4.42 Å². The molecule has 0 spiro atoms. The maximum absolute atomic E-state index is 5.32. The monoisotopic (exact) mass is 158 g/mol. The summed E-state index contributed by atoms with van der Waals surface area (Å²) in [6, 6.07) is 6.13. The highest BCUT2D eigenvalue weighted by atomic mass is 16.3. The van der Waals surface area contributed by atoms with Crippen molar-refractivity contribution in [3.8, 4) is 0 Å². The van der Waals surface area contributed by atoms with Gasteiger partial charge >= 0.3 is 0 Å². The van der Waals surface area contributed by atoms with Crippen molar-refractivity contribution in [1.82, 2.24) is 0 Å². The summed E-state index contributed by atoms with van der Waals surface area (Å²) in [5.74, 6) is 0. The summed E-state index contributed by atoms with van der Waals surface area (Å²) < 4.78 is 5.32. The molecule has 0 N–H and O–H groups in total. The Morgan fingerprint density at radius 1 is 1.42 bits per heavy atom. The molecule has 0 radical (unpaired) electrons. The van der Waals surface area contributed by atoms with Gasteiger partial charge in [0.1, 0.15) is 5.58 Å². The Balaban J connectivity index is 2.83. The first-order valence-corrected chi connectivity index (χ1v) is 3.91. The summed E-state index contributed by atoms with van der Waals surface area (Å²) in [6.45, 7) is 5.79. The minimum absolute atomic E-state index is 0.926. The molecule has 2 rings (SSSR count). The van der Waals surface area contributed by atoms with Crippen LogP contribution in [0.4, 0.5) is 0 Å². The lowest BCUT2D eigenvalue weighted by molar-refractivity contribution is 0.615. The average molecular weight is 158 g/mol. The van der Waals surface area contributed by atoms with Crippen LogP contribution in [0.15, 0.2) is 35.5 Å². The molecule has 0 atom stereocenters. The quantitative estimate of drug-likeness (QED) is 0.620. The number of hydrogen-bond acceptors (Lipinski definition) is 1. The van der Waals surface area contributed by atoms with Gasteiger partial charge in [0.25, 0.3) is 0 Å². The van der Waals surface area contributed by atoms with Crippen LogP contribution in [0.5, 0.6) is 0 Å². The molecule has 0 aliphatic rings. The molecule has 0 aliphatic carbocycles. The molecule has 0 amide bonds. The van der Waals surface area contributed by atoms with E-state index >= 15 is 0 Å². The summed E-state index contributed by atoms with van der Waals surface area (Å²) in [7, 11) is 0. The van der Waals surface area contributed by atoms with E-state index in [2.05, 4.69) is 19.6 Å². The van der Waals surface area contributed by atoms with Crippen LogP contribution in [-0.4, -0.2) is 0 Å². The van der Waals surface area contributed by atoms with Gasteiger partial charge in [-0.05, 0) is 19.1 Å². The number of aryl methyl sites for hydroxylation is 1. The molecule has 0 aliphatic heterocycles. The summed E-state index contributed by atoms with van der Waals surface area (Å²) >= 11 is 0. The Hall–Kier alpha value is -1.50. The molecular weight excluding hydrogens is 148 g/mol. The lowest BCUT2D eigenvalue weighted by atomic mass is 10.1. The molecule has 2 aromatic rings. The largest absolute Gasteiger partial charge is 0.464 e. The highest BCUT2D eigenvalue weighted by molar-refractivity contribution is 5.87. The molecule has 1 nitrogen and oxygen atoms in total. The van der Waals surface area contributed by atoms with Gasteiger partial charge in [-0.25, -0.2) is 0 Å².